The largest absolute Gasteiger partial charge is 0.496 e. The van der Waals surface area contributed by atoms with Gasteiger partial charge in [-0.1, -0.05) is 20.3 Å². The van der Waals surface area contributed by atoms with Gasteiger partial charge in [0.25, 0.3) is 0 Å². The number of hydrogen-bond donors (Lipinski definition) is 1. The molecule has 1 aliphatic carbocycles. The molecule has 0 bridgehead atoms. The van der Waals surface area contributed by atoms with E-state index in [2.05, 4.69) is 38.0 Å². The van der Waals surface area contributed by atoms with Crippen molar-refractivity contribution in [2.24, 2.45) is 5.41 Å². The Kier molecular flexibility index (Phi) is 4.69. The third-order valence-electron chi connectivity index (χ3n) is 4.59. The van der Waals surface area contributed by atoms with Gasteiger partial charge in [-0.05, 0) is 38.5 Å². The lowest BCUT2D eigenvalue weighted by Crippen LogP contribution is -2.44. The van der Waals surface area contributed by atoms with Gasteiger partial charge in [-0.25, -0.2) is 0 Å². The van der Waals surface area contributed by atoms with E-state index in [1.54, 1.807) is 7.11 Å². The van der Waals surface area contributed by atoms with Crippen LogP contribution in [0.15, 0.2) is 6.20 Å². The Morgan fingerprint density at radius 1 is 1.35 bits per heavy atom. The van der Waals surface area contributed by atoms with Gasteiger partial charge in [0.15, 0.2) is 0 Å². The summed E-state index contributed by atoms with van der Waals surface area (Å²) in [6.07, 6.45) is 6.98. The minimum Gasteiger partial charge on any atom is -0.496 e. The summed E-state index contributed by atoms with van der Waals surface area (Å²) in [4.78, 5) is 4.67. The van der Waals surface area contributed by atoms with E-state index in [9.17, 15) is 0 Å². The minimum atomic E-state index is 0.405. The highest BCUT2D eigenvalue weighted by Crippen LogP contribution is 2.44. The Morgan fingerprint density at radius 3 is 2.55 bits per heavy atom. The summed E-state index contributed by atoms with van der Waals surface area (Å²) < 4.78 is 5.53. The number of aromatic nitrogens is 1. The second-order valence-electron chi connectivity index (χ2n) is 6.61. The van der Waals surface area contributed by atoms with E-state index in [1.165, 1.54) is 30.5 Å². The molecule has 1 aromatic rings. The van der Waals surface area contributed by atoms with E-state index in [4.69, 9.17) is 4.74 Å². The number of pyridine rings is 1. The minimum absolute atomic E-state index is 0.405. The number of aryl methyl sites for hydroxylation is 1. The Bertz CT molecular complexity index is 464. The molecule has 1 fully saturated rings. The molecule has 1 aromatic heterocycles. The van der Waals surface area contributed by atoms with Gasteiger partial charge in [0.05, 0.1) is 7.11 Å². The van der Waals surface area contributed by atoms with Crippen molar-refractivity contribution in [3.05, 3.63) is 23.0 Å². The van der Waals surface area contributed by atoms with Crippen molar-refractivity contribution in [1.29, 1.82) is 0 Å². The molecule has 1 heterocycles. The van der Waals surface area contributed by atoms with E-state index in [0.29, 0.717) is 11.5 Å². The number of methoxy groups -OCH3 is 1. The molecule has 3 nitrogen and oxygen atoms in total. The molecule has 0 radical (unpaired) electrons. The number of nitrogens with one attached hydrogen (secondary N) is 1. The summed E-state index contributed by atoms with van der Waals surface area (Å²) in [6, 6.07) is 0.550. The molecule has 0 saturated heterocycles. The summed E-state index contributed by atoms with van der Waals surface area (Å²) in [5.74, 6) is 1.00. The van der Waals surface area contributed by atoms with Crippen LogP contribution in [-0.4, -0.2) is 24.7 Å². The quantitative estimate of drug-likeness (QED) is 0.864. The molecule has 2 rings (SSSR count). The molecule has 3 heteroatoms. The molecule has 112 valence electrons. The molecule has 20 heavy (non-hydrogen) atoms. The summed E-state index contributed by atoms with van der Waals surface area (Å²) in [6.45, 7) is 9.72. The maximum Gasteiger partial charge on any atom is 0.128 e. The highest BCUT2D eigenvalue weighted by Gasteiger charge is 2.37. The first-order valence-electron chi connectivity index (χ1n) is 7.70. The number of rotatable bonds is 6. The van der Waals surface area contributed by atoms with Gasteiger partial charge < -0.3 is 10.1 Å². The van der Waals surface area contributed by atoms with E-state index < -0.39 is 0 Å². The fourth-order valence-electron chi connectivity index (χ4n) is 3.12. The Hall–Kier alpha value is -1.09. The Labute approximate surface area is 123 Å². The van der Waals surface area contributed by atoms with Crippen molar-refractivity contribution in [2.75, 3.05) is 13.7 Å². The smallest absolute Gasteiger partial charge is 0.128 e. The molecule has 0 aromatic carbocycles. The molecular weight excluding hydrogens is 248 g/mol. The van der Waals surface area contributed by atoms with Gasteiger partial charge in [-0.15, -0.1) is 0 Å². The Balaban J connectivity index is 2.16. The van der Waals surface area contributed by atoms with Crippen LogP contribution in [0.4, 0.5) is 0 Å². The zero-order chi connectivity index (χ0) is 14.8. The van der Waals surface area contributed by atoms with Gasteiger partial charge >= 0.3 is 0 Å². The van der Waals surface area contributed by atoms with E-state index >= 15 is 0 Å². The Morgan fingerprint density at radius 2 is 2.05 bits per heavy atom. The first-order chi connectivity index (χ1) is 9.47. The van der Waals surface area contributed by atoms with Gasteiger partial charge in [0.1, 0.15) is 5.75 Å². The van der Waals surface area contributed by atoms with E-state index in [-0.39, 0.29) is 0 Å². The maximum absolute atomic E-state index is 5.53. The molecule has 0 aliphatic heterocycles. The van der Waals surface area contributed by atoms with E-state index in [0.717, 1.165) is 24.3 Å². The van der Waals surface area contributed by atoms with Crippen LogP contribution in [0.5, 0.6) is 5.75 Å². The third-order valence-corrected chi connectivity index (χ3v) is 4.59. The lowest BCUT2D eigenvalue weighted by molar-refractivity contribution is 0.125. The van der Waals surface area contributed by atoms with Crippen LogP contribution in [0, 0.1) is 19.3 Å². The normalized spacial score (nSPS) is 17.1. The standard InChI is InChI=1S/C17H28N2O/c1-12(2)19-11-17(7-6-8-17)9-15-14(4)16(20-5)13(3)10-18-15/h10,12,19H,6-9,11H2,1-5H3. The third kappa shape index (κ3) is 3.14. The number of hydrogen-bond acceptors (Lipinski definition) is 3. The first kappa shape index (κ1) is 15.3. The van der Waals surface area contributed by atoms with Crippen molar-refractivity contribution in [3.8, 4) is 5.75 Å². The summed E-state index contributed by atoms with van der Waals surface area (Å²) in [5.41, 5.74) is 3.94. The average Bonchev–Trinajstić information content (AvgIpc) is 2.35. The zero-order valence-corrected chi connectivity index (χ0v) is 13.5. The van der Waals surface area contributed by atoms with Crippen molar-refractivity contribution < 1.29 is 4.74 Å². The van der Waals surface area contributed by atoms with Crippen LogP contribution >= 0.6 is 0 Å². The van der Waals surface area contributed by atoms with Crippen LogP contribution in [-0.2, 0) is 6.42 Å². The second kappa shape index (κ2) is 6.13. The second-order valence-corrected chi connectivity index (χ2v) is 6.61. The lowest BCUT2D eigenvalue weighted by Gasteiger charge is -2.43. The van der Waals surface area contributed by atoms with Crippen LogP contribution in [0.3, 0.4) is 0 Å². The molecule has 0 amide bonds. The monoisotopic (exact) mass is 276 g/mol. The summed E-state index contributed by atoms with van der Waals surface area (Å²) in [7, 11) is 1.75. The van der Waals surface area contributed by atoms with Gasteiger partial charge in [0.2, 0.25) is 0 Å². The SMILES string of the molecule is COc1c(C)cnc(CC2(CNC(C)C)CCC2)c1C. The van der Waals surface area contributed by atoms with Crippen molar-refractivity contribution in [1.82, 2.24) is 10.3 Å². The van der Waals surface area contributed by atoms with Crippen LogP contribution in [0.2, 0.25) is 0 Å². The summed E-state index contributed by atoms with van der Waals surface area (Å²) >= 11 is 0. The zero-order valence-electron chi connectivity index (χ0n) is 13.5. The number of nitrogens with zero attached hydrogens (tertiary/aromatic N) is 1. The van der Waals surface area contributed by atoms with Crippen molar-refractivity contribution in [3.63, 3.8) is 0 Å². The molecule has 1 saturated carbocycles. The molecular formula is C17H28N2O. The molecule has 0 unspecified atom stereocenters. The lowest BCUT2D eigenvalue weighted by atomic mass is 9.65. The molecule has 1 aliphatic rings. The number of ether oxygens (including phenoxy) is 1. The van der Waals surface area contributed by atoms with E-state index in [1.807, 2.05) is 6.20 Å². The molecule has 0 atom stereocenters. The fourth-order valence-corrected chi connectivity index (χ4v) is 3.12. The highest BCUT2D eigenvalue weighted by molar-refractivity contribution is 5.41. The topological polar surface area (TPSA) is 34.1 Å². The van der Waals surface area contributed by atoms with Crippen LogP contribution in [0.1, 0.15) is 49.9 Å². The molecule has 0 spiro atoms. The predicted octanol–water partition coefficient (Wildman–Crippen LogP) is 3.42. The summed E-state index contributed by atoms with van der Waals surface area (Å²) in [5, 5.41) is 3.61. The van der Waals surface area contributed by atoms with Crippen molar-refractivity contribution >= 4 is 0 Å². The van der Waals surface area contributed by atoms with Crippen LogP contribution < -0.4 is 10.1 Å². The van der Waals surface area contributed by atoms with Gasteiger partial charge in [-0.2, -0.15) is 0 Å². The maximum atomic E-state index is 5.53. The highest BCUT2D eigenvalue weighted by atomic mass is 16.5. The van der Waals surface area contributed by atoms with Crippen LogP contribution in [0.25, 0.3) is 0 Å². The predicted molar refractivity (Wildman–Crippen MR) is 83.4 cm³/mol. The van der Waals surface area contributed by atoms with Crippen molar-refractivity contribution in [2.45, 2.75) is 59.4 Å². The van der Waals surface area contributed by atoms with Gasteiger partial charge in [-0.3, -0.25) is 4.98 Å². The fraction of sp³-hybridized carbons (Fsp3) is 0.706. The van der Waals surface area contributed by atoms with Gasteiger partial charge in [0, 0.05) is 35.6 Å². The molecule has 1 N–H and O–H groups in total. The average molecular weight is 276 g/mol. The first-order valence-corrected chi connectivity index (χ1v) is 7.70.